The molecule has 1 aromatic rings. The minimum atomic E-state index is -0.526. The van der Waals surface area contributed by atoms with Crippen LogP contribution < -0.4 is 10.1 Å². The third kappa shape index (κ3) is 3.53. The monoisotopic (exact) mass is 281 g/mol. The number of nitrogens with zero attached hydrogens (tertiary/aromatic N) is 4. The quantitative estimate of drug-likeness (QED) is 0.620. The molecule has 0 saturated carbocycles. The van der Waals surface area contributed by atoms with Crippen LogP contribution in [0.4, 0.5) is 11.5 Å². The molecule has 0 aliphatic carbocycles. The average molecular weight is 281 g/mol. The lowest BCUT2D eigenvalue weighted by atomic mass is 10.1. The summed E-state index contributed by atoms with van der Waals surface area (Å²) in [7, 11) is 1.35. The van der Waals surface area contributed by atoms with E-state index in [2.05, 4.69) is 20.2 Å². The number of nitro groups is 1. The summed E-state index contributed by atoms with van der Waals surface area (Å²) in [6.45, 7) is 3.65. The van der Waals surface area contributed by atoms with Crippen LogP contribution in [-0.2, 0) is 0 Å². The number of hydrogen-bond acceptors (Lipinski definition) is 7. The first-order chi connectivity index (χ1) is 9.72. The van der Waals surface area contributed by atoms with Gasteiger partial charge in [-0.25, -0.2) is 4.98 Å². The van der Waals surface area contributed by atoms with Crippen molar-refractivity contribution in [1.82, 2.24) is 14.9 Å². The third-order valence-corrected chi connectivity index (χ3v) is 3.33. The standard InChI is InChI=1S/C12H19N5O3/c1-20-12-10(17(18)19)11(14-9-15-12)13-5-8-16-6-3-2-4-7-16/h9H,2-8H2,1H3,(H,13,14,15). The zero-order chi connectivity index (χ0) is 14.4. The van der Waals surface area contributed by atoms with Crippen LogP contribution in [0.1, 0.15) is 19.3 Å². The Balaban J connectivity index is 1.96. The van der Waals surface area contributed by atoms with Crippen molar-refractivity contribution in [3.05, 3.63) is 16.4 Å². The molecule has 0 bridgehead atoms. The van der Waals surface area contributed by atoms with Crippen molar-refractivity contribution >= 4 is 11.5 Å². The molecular formula is C12H19N5O3. The highest BCUT2D eigenvalue weighted by Crippen LogP contribution is 2.30. The predicted molar refractivity (Wildman–Crippen MR) is 74.0 cm³/mol. The van der Waals surface area contributed by atoms with E-state index in [1.807, 2.05) is 0 Å². The highest BCUT2D eigenvalue weighted by Gasteiger charge is 2.23. The van der Waals surface area contributed by atoms with Gasteiger partial charge in [0, 0.05) is 13.1 Å². The fourth-order valence-corrected chi connectivity index (χ4v) is 2.32. The first-order valence-electron chi connectivity index (χ1n) is 6.72. The summed E-state index contributed by atoms with van der Waals surface area (Å²) in [6, 6.07) is 0. The fourth-order valence-electron chi connectivity index (χ4n) is 2.32. The van der Waals surface area contributed by atoms with Gasteiger partial charge in [-0.15, -0.1) is 0 Å². The zero-order valence-corrected chi connectivity index (χ0v) is 11.5. The summed E-state index contributed by atoms with van der Waals surface area (Å²) >= 11 is 0. The topological polar surface area (TPSA) is 93.4 Å². The molecule has 1 aliphatic rings. The molecule has 8 heteroatoms. The second kappa shape index (κ2) is 6.99. The third-order valence-electron chi connectivity index (χ3n) is 3.33. The maximum Gasteiger partial charge on any atom is 0.372 e. The van der Waals surface area contributed by atoms with E-state index in [1.54, 1.807) is 0 Å². The van der Waals surface area contributed by atoms with Crippen LogP contribution in [0, 0.1) is 10.1 Å². The molecule has 1 aromatic heterocycles. The molecule has 8 nitrogen and oxygen atoms in total. The van der Waals surface area contributed by atoms with Crippen molar-refractivity contribution < 1.29 is 9.66 Å². The summed E-state index contributed by atoms with van der Waals surface area (Å²) in [5.41, 5.74) is -0.214. The first kappa shape index (κ1) is 14.4. The molecule has 2 rings (SSSR count). The lowest BCUT2D eigenvalue weighted by Crippen LogP contribution is -2.33. The molecule has 0 spiro atoms. The normalized spacial score (nSPS) is 15.8. The molecule has 0 aromatic carbocycles. The summed E-state index contributed by atoms with van der Waals surface area (Å²) < 4.78 is 4.90. The molecule has 2 heterocycles. The van der Waals surface area contributed by atoms with E-state index < -0.39 is 4.92 Å². The lowest BCUT2D eigenvalue weighted by molar-refractivity contribution is -0.385. The van der Waals surface area contributed by atoms with Crippen molar-refractivity contribution in [3.8, 4) is 5.88 Å². The van der Waals surface area contributed by atoms with Crippen LogP contribution in [0.3, 0.4) is 0 Å². The van der Waals surface area contributed by atoms with Crippen LogP contribution in [0.15, 0.2) is 6.33 Å². The van der Waals surface area contributed by atoms with Crippen LogP contribution in [0.5, 0.6) is 5.88 Å². The highest BCUT2D eigenvalue weighted by molar-refractivity contribution is 5.60. The molecule has 110 valence electrons. The Kier molecular flexibility index (Phi) is 5.05. The number of ether oxygens (including phenoxy) is 1. The highest BCUT2D eigenvalue weighted by atomic mass is 16.6. The van der Waals surface area contributed by atoms with Crippen LogP contribution >= 0.6 is 0 Å². The fraction of sp³-hybridized carbons (Fsp3) is 0.667. The number of rotatable bonds is 6. The van der Waals surface area contributed by atoms with Gasteiger partial charge in [0.15, 0.2) is 0 Å². The van der Waals surface area contributed by atoms with E-state index in [1.165, 1.54) is 32.7 Å². The summed E-state index contributed by atoms with van der Waals surface area (Å²) in [5.74, 6) is 0.185. The van der Waals surface area contributed by atoms with Gasteiger partial charge in [-0.2, -0.15) is 4.98 Å². The van der Waals surface area contributed by atoms with Gasteiger partial charge in [0.2, 0.25) is 5.82 Å². The minimum Gasteiger partial charge on any atom is -0.476 e. The molecular weight excluding hydrogens is 262 g/mol. The Hall–Kier alpha value is -1.96. The molecule has 1 fully saturated rings. The SMILES string of the molecule is COc1ncnc(NCCN2CCCCC2)c1[N+](=O)[O-]. The Morgan fingerprint density at radius 3 is 2.80 bits per heavy atom. The molecule has 1 saturated heterocycles. The van der Waals surface area contributed by atoms with Gasteiger partial charge in [-0.1, -0.05) is 6.42 Å². The zero-order valence-electron chi connectivity index (χ0n) is 11.5. The van der Waals surface area contributed by atoms with Gasteiger partial charge in [0.05, 0.1) is 12.0 Å². The van der Waals surface area contributed by atoms with Gasteiger partial charge >= 0.3 is 5.69 Å². The number of nitrogens with one attached hydrogen (secondary N) is 1. The van der Waals surface area contributed by atoms with E-state index in [0.29, 0.717) is 6.54 Å². The number of hydrogen-bond donors (Lipinski definition) is 1. The van der Waals surface area contributed by atoms with Gasteiger partial charge in [0.25, 0.3) is 5.88 Å². The Labute approximate surface area is 117 Å². The summed E-state index contributed by atoms with van der Waals surface area (Å²) in [5, 5.41) is 14.1. The van der Waals surface area contributed by atoms with Crippen LogP contribution in [0.2, 0.25) is 0 Å². The maximum atomic E-state index is 11.1. The minimum absolute atomic E-state index is 0.0227. The van der Waals surface area contributed by atoms with Gasteiger partial charge < -0.3 is 15.0 Å². The summed E-state index contributed by atoms with van der Waals surface area (Å²) in [6.07, 6.45) is 5.00. The molecule has 0 atom stereocenters. The van der Waals surface area contributed by atoms with Crippen molar-refractivity contribution in [2.45, 2.75) is 19.3 Å². The van der Waals surface area contributed by atoms with E-state index >= 15 is 0 Å². The molecule has 20 heavy (non-hydrogen) atoms. The van der Waals surface area contributed by atoms with Gasteiger partial charge in [0.1, 0.15) is 6.33 Å². The molecule has 0 amide bonds. The maximum absolute atomic E-state index is 11.1. The predicted octanol–water partition coefficient (Wildman–Crippen LogP) is 1.29. The molecule has 0 unspecified atom stereocenters. The average Bonchev–Trinajstić information content (AvgIpc) is 2.47. The second-order valence-corrected chi connectivity index (χ2v) is 4.67. The van der Waals surface area contributed by atoms with Crippen molar-refractivity contribution in [2.75, 3.05) is 38.6 Å². The van der Waals surface area contributed by atoms with Crippen molar-refractivity contribution in [3.63, 3.8) is 0 Å². The number of likely N-dealkylation sites (tertiary alicyclic amines) is 1. The van der Waals surface area contributed by atoms with E-state index in [9.17, 15) is 10.1 Å². The van der Waals surface area contributed by atoms with E-state index in [-0.39, 0.29) is 17.4 Å². The Morgan fingerprint density at radius 1 is 1.40 bits per heavy atom. The van der Waals surface area contributed by atoms with Crippen LogP contribution in [-0.4, -0.2) is 53.1 Å². The first-order valence-corrected chi connectivity index (χ1v) is 6.72. The Morgan fingerprint density at radius 2 is 2.15 bits per heavy atom. The Bertz CT molecular complexity index is 462. The molecule has 0 radical (unpaired) electrons. The van der Waals surface area contributed by atoms with Gasteiger partial charge in [-0.05, 0) is 25.9 Å². The number of aromatic nitrogens is 2. The van der Waals surface area contributed by atoms with Crippen molar-refractivity contribution in [1.29, 1.82) is 0 Å². The lowest BCUT2D eigenvalue weighted by Gasteiger charge is -2.26. The number of methoxy groups -OCH3 is 1. The smallest absolute Gasteiger partial charge is 0.372 e. The summed E-state index contributed by atoms with van der Waals surface area (Å²) in [4.78, 5) is 20.6. The number of piperidine rings is 1. The molecule has 1 N–H and O–H groups in total. The number of anilines is 1. The van der Waals surface area contributed by atoms with E-state index in [4.69, 9.17) is 4.74 Å². The molecule has 1 aliphatic heterocycles. The van der Waals surface area contributed by atoms with Crippen molar-refractivity contribution in [2.24, 2.45) is 0 Å². The van der Waals surface area contributed by atoms with E-state index in [0.717, 1.165) is 19.6 Å². The van der Waals surface area contributed by atoms with Gasteiger partial charge in [-0.3, -0.25) is 10.1 Å². The second-order valence-electron chi connectivity index (χ2n) is 4.67. The largest absolute Gasteiger partial charge is 0.476 e. The van der Waals surface area contributed by atoms with Crippen LogP contribution in [0.25, 0.3) is 0 Å².